The van der Waals surface area contributed by atoms with E-state index < -0.39 is 0 Å². The number of rotatable bonds is 6. The van der Waals surface area contributed by atoms with Crippen molar-refractivity contribution in [2.45, 2.75) is 46.0 Å². The van der Waals surface area contributed by atoms with Gasteiger partial charge in [-0.25, -0.2) is 0 Å². The lowest BCUT2D eigenvalue weighted by atomic mass is 9.94. The summed E-state index contributed by atoms with van der Waals surface area (Å²) in [6.07, 6.45) is 1.81. The summed E-state index contributed by atoms with van der Waals surface area (Å²) in [5.74, 6) is 0.439. The highest BCUT2D eigenvalue weighted by Crippen LogP contribution is 2.31. The summed E-state index contributed by atoms with van der Waals surface area (Å²) in [6.45, 7) is 6.37. The Morgan fingerprint density at radius 1 is 1.39 bits per heavy atom. The second kappa shape index (κ2) is 7.04. The van der Waals surface area contributed by atoms with E-state index in [2.05, 4.69) is 13.8 Å². The number of phenols is 1. The molecule has 0 aliphatic heterocycles. The van der Waals surface area contributed by atoms with Gasteiger partial charge in [-0.2, -0.15) is 0 Å². The molecule has 0 bridgehead atoms. The maximum absolute atomic E-state index is 11.3. The van der Waals surface area contributed by atoms with E-state index in [9.17, 15) is 9.90 Å². The lowest BCUT2D eigenvalue weighted by molar-refractivity contribution is -0.143. The van der Waals surface area contributed by atoms with Crippen LogP contribution in [-0.4, -0.2) is 17.7 Å². The molecular formula is C15H22O3. The van der Waals surface area contributed by atoms with Crippen molar-refractivity contribution >= 4 is 5.97 Å². The van der Waals surface area contributed by atoms with E-state index >= 15 is 0 Å². The molecule has 1 unspecified atom stereocenters. The first-order chi connectivity index (χ1) is 8.60. The zero-order chi connectivity index (χ0) is 13.5. The van der Waals surface area contributed by atoms with Crippen LogP contribution in [0.15, 0.2) is 18.2 Å². The predicted octanol–water partition coefficient (Wildman–Crippen LogP) is 3.40. The molecule has 0 saturated heterocycles. The molecule has 0 fully saturated rings. The Bertz CT molecular complexity index is 399. The summed E-state index contributed by atoms with van der Waals surface area (Å²) in [5, 5.41) is 10.2. The number of esters is 1. The number of aromatic hydroxyl groups is 1. The molecule has 0 aromatic heterocycles. The van der Waals surface area contributed by atoms with Gasteiger partial charge in [0.1, 0.15) is 5.75 Å². The number of aryl methyl sites for hydroxylation is 1. The van der Waals surface area contributed by atoms with Crippen molar-refractivity contribution in [1.82, 2.24) is 0 Å². The lowest BCUT2D eigenvalue weighted by Gasteiger charge is -2.14. The van der Waals surface area contributed by atoms with Gasteiger partial charge in [0.2, 0.25) is 0 Å². The summed E-state index contributed by atoms with van der Waals surface area (Å²) >= 11 is 0. The van der Waals surface area contributed by atoms with Crippen LogP contribution in [0.3, 0.4) is 0 Å². The van der Waals surface area contributed by atoms with E-state index in [1.165, 1.54) is 0 Å². The summed E-state index contributed by atoms with van der Waals surface area (Å²) in [7, 11) is 0. The predicted molar refractivity (Wildman–Crippen MR) is 71.8 cm³/mol. The molecule has 0 aliphatic carbocycles. The fourth-order valence-electron chi connectivity index (χ4n) is 1.90. The quantitative estimate of drug-likeness (QED) is 0.787. The third-order valence-electron chi connectivity index (χ3n) is 3.20. The van der Waals surface area contributed by atoms with Gasteiger partial charge < -0.3 is 9.84 Å². The number of hydrogen-bond donors (Lipinski definition) is 1. The largest absolute Gasteiger partial charge is 0.507 e. The third-order valence-corrected chi connectivity index (χ3v) is 3.20. The SMILES string of the molecule is CCOC(=O)CCc1cccc(C(C)CC)c1O. The second-order valence-electron chi connectivity index (χ2n) is 4.47. The Kier molecular flexibility index (Phi) is 5.69. The average molecular weight is 250 g/mol. The first-order valence-electron chi connectivity index (χ1n) is 6.56. The molecule has 0 spiro atoms. The van der Waals surface area contributed by atoms with Crippen molar-refractivity contribution in [2.24, 2.45) is 0 Å². The van der Waals surface area contributed by atoms with Crippen LogP contribution in [0.4, 0.5) is 0 Å². The van der Waals surface area contributed by atoms with E-state index in [0.29, 0.717) is 31.1 Å². The number of carbonyl (C=O) groups excluding carboxylic acids is 1. The Balaban J connectivity index is 2.75. The zero-order valence-corrected chi connectivity index (χ0v) is 11.4. The smallest absolute Gasteiger partial charge is 0.306 e. The van der Waals surface area contributed by atoms with Gasteiger partial charge >= 0.3 is 5.97 Å². The molecule has 0 aliphatic rings. The van der Waals surface area contributed by atoms with E-state index in [1.54, 1.807) is 6.92 Å². The van der Waals surface area contributed by atoms with Crippen LogP contribution in [0.5, 0.6) is 5.75 Å². The van der Waals surface area contributed by atoms with Crippen LogP contribution >= 0.6 is 0 Å². The van der Waals surface area contributed by atoms with Crippen molar-refractivity contribution in [3.63, 3.8) is 0 Å². The molecule has 0 saturated carbocycles. The van der Waals surface area contributed by atoms with Crippen molar-refractivity contribution in [1.29, 1.82) is 0 Å². The summed E-state index contributed by atoms with van der Waals surface area (Å²) < 4.78 is 4.88. The fraction of sp³-hybridized carbons (Fsp3) is 0.533. The van der Waals surface area contributed by atoms with Gasteiger partial charge in [-0.3, -0.25) is 4.79 Å². The maximum atomic E-state index is 11.3. The van der Waals surface area contributed by atoms with Crippen LogP contribution in [0.25, 0.3) is 0 Å². The molecule has 100 valence electrons. The highest BCUT2D eigenvalue weighted by atomic mass is 16.5. The summed E-state index contributed by atoms with van der Waals surface area (Å²) in [6, 6.07) is 5.74. The molecule has 0 radical (unpaired) electrons. The first kappa shape index (κ1) is 14.6. The highest BCUT2D eigenvalue weighted by Gasteiger charge is 2.13. The molecule has 1 rings (SSSR count). The number of hydrogen-bond acceptors (Lipinski definition) is 3. The van der Waals surface area contributed by atoms with Crippen molar-refractivity contribution in [2.75, 3.05) is 6.61 Å². The normalized spacial score (nSPS) is 12.2. The zero-order valence-electron chi connectivity index (χ0n) is 11.4. The van der Waals surface area contributed by atoms with Gasteiger partial charge in [-0.15, -0.1) is 0 Å². The van der Waals surface area contributed by atoms with Gasteiger partial charge in [0.15, 0.2) is 0 Å². The number of carbonyl (C=O) groups is 1. The third kappa shape index (κ3) is 3.76. The summed E-state index contributed by atoms with van der Waals surface area (Å²) in [4.78, 5) is 11.3. The molecule has 3 heteroatoms. The van der Waals surface area contributed by atoms with Crippen molar-refractivity contribution in [3.05, 3.63) is 29.3 Å². The molecule has 1 aromatic rings. The second-order valence-corrected chi connectivity index (χ2v) is 4.47. The van der Waals surface area contributed by atoms with Gasteiger partial charge in [0, 0.05) is 6.42 Å². The fourth-order valence-corrected chi connectivity index (χ4v) is 1.90. The standard InChI is InChI=1S/C15H22O3/c1-4-11(3)13-8-6-7-12(15(13)17)9-10-14(16)18-5-2/h6-8,11,17H,4-5,9-10H2,1-3H3. The molecule has 0 heterocycles. The number of benzene rings is 1. The van der Waals surface area contributed by atoms with Crippen LogP contribution in [-0.2, 0) is 16.0 Å². The molecule has 1 aromatic carbocycles. The van der Waals surface area contributed by atoms with Gasteiger partial charge in [-0.05, 0) is 36.8 Å². The van der Waals surface area contributed by atoms with Crippen molar-refractivity contribution in [3.8, 4) is 5.75 Å². The number of phenolic OH excluding ortho intramolecular Hbond substituents is 1. The molecule has 1 atom stereocenters. The Morgan fingerprint density at radius 2 is 2.11 bits per heavy atom. The van der Waals surface area contributed by atoms with Crippen LogP contribution in [0, 0.1) is 0 Å². The minimum Gasteiger partial charge on any atom is -0.507 e. The van der Waals surface area contributed by atoms with E-state index in [-0.39, 0.29) is 5.97 Å². The first-order valence-corrected chi connectivity index (χ1v) is 6.56. The number of para-hydroxylation sites is 1. The van der Waals surface area contributed by atoms with E-state index in [4.69, 9.17) is 4.74 Å². The topological polar surface area (TPSA) is 46.5 Å². The Morgan fingerprint density at radius 3 is 2.72 bits per heavy atom. The maximum Gasteiger partial charge on any atom is 0.306 e. The minimum atomic E-state index is -0.217. The molecule has 1 N–H and O–H groups in total. The Hall–Kier alpha value is -1.51. The molecule has 3 nitrogen and oxygen atoms in total. The van der Waals surface area contributed by atoms with Crippen LogP contribution in [0.1, 0.15) is 50.7 Å². The van der Waals surface area contributed by atoms with Gasteiger partial charge in [0.25, 0.3) is 0 Å². The monoisotopic (exact) mass is 250 g/mol. The minimum absolute atomic E-state index is 0.217. The van der Waals surface area contributed by atoms with E-state index in [0.717, 1.165) is 17.5 Å². The Labute approximate surface area is 109 Å². The van der Waals surface area contributed by atoms with Crippen LogP contribution < -0.4 is 0 Å². The molecular weight excluding hydrogens is 228 g/mol. The molecule has 0 amide bonds. The average Bonchev–Trinajstić information content (AvgIpc) is 2.37. The molecule has 18 heavy (non-hydrogen) atoms. The van der Waals surface area contributed by atoms with E-state index in [1.807, 2.05) is 18.2 Å². The number of ether oxygens (including phenoxy) is 1. The summed E-state index contributed by atoms with van der Waals surface area (Å²) in [5.41, 5.74) is 1.78. The lowest BCUT2D eigenvalue weighted by Crippen LogP contribution is -2.05. The van der Waals surface area contributed by atoms with Gasteiger partial charge in [-0.1, -0.05) is 32.0 Å². The highest BCUT2D eigenvalue weighted by molar-refractivity contribution is 5.69. The van der Waals surface area contributed by atoms with Crippen LogP contribution in [0.2, 0.25) is 0 Å². The van der Waals surface area contributed by atoms with Gasteiger partial charge in [0.05, 0.1) is 6.61 Å². The van der Waals surface area contributed by atoms with Crippen molar-refractivity contribution < 1.29 is 14.6 Å².